The highest BCUT2D eigenvalue weighted by Crippen LogP contribution is 2.33. The van der Waals surface area contributed by atoms with Gasteiger partial charge in [-0.15, -0.1) is 0 Å². The monoisotopic (exact) mass is 204 g/mol. The molecule has 0 fully saturated rings. The van der Waals surface area contributed by atoms with Crippen LogP contribution in [0.2, 0.25) is 0 Å². The first-order chi connectivity index (χ1) is 7.11. The molecule has 0 amide bonds. The lowest BCUT2D eigenvalue weighted by Gasteiger charge is -2.04. The molecule has 4 nitrogen and oxygen atoms in total. The summed E-state index contributed by atoms with van der Waals surface area (Å²) < 4.78 is 5.06. The highest BCUT2D eigenvalue weighted by molar-refractivity contribution is 6.16. The molecule has 0 saturated carbocycles. The third-order valence-electron chi connectivity index (χ3n) is 2.19. The Morgan fingerprint density at radius 3 is 2.73 bits per heavy atom. The fourth-order valence-electron chi connectivity index (χ4n) is 1.39. The van der Waals surface area contributed by atoms with Crippen LogP contribution in [0.3, 0.4) is 0 Å². The molecule has 0 unspecified atom stereocenters. The van der Waals surface area contributed by atoms with Gasteiger partial charge < -0.3 is 14.6 Å². The van der Waals surface area contributed by atoms with Crippen molar-refractivity contribution in [2.24, 2.45) is 0 Å². The molecular formula is C11H8O4. The molecule has 0 saturated heterocycles. The summed E-state index contributed by atoms with van der Waals surface area (Å²) in [6.45, 7) is 3.39. The van der Waals surface area contributed by atoms with Crippen LogP contribution in [0, 0.1) is 0 Å². The molecule has 0 spiro atoms. The maximum absolute atomic E-state index is 10.7. The van der Waals surface area contributed by atoms with Crippen LogP contribution < -0.4 is 0 Å². The number of aromatic hydroxyl groups is 1. The zero-order chi connectivity index (χ0) is 11.0. The summed E-state index contributed by atoms with van der Waals surface area (Å²) in [5.74, 6) is -1.28. The Hall–Kier alpha value is -2.23. The highest BCUT2D eigenvalue weighted by Gasteiger charge is 2.14. The number of aliphatic carboxylic acids is 1. The van der Waals surface area contributed by atoms with Crippen LogP contribution in [-0.2, 0) is 4.79 Å². The Labute approximate surface area is 85.1 Å². The van der Waals surface area contributed by atoms with Crippen LogP contribution in [0.4, 0.5) is 0 Å². The number of benzene rings is 1. The van der Waals surface area contributed by atoms with E-state index < -0.39 is 5.97 Å². The molecule has 4 heteroatoms. The minimum Gasteiger partial charge on any atom is -0.507 e. The van der Waals surface area contributed by atoms with Crippen LogP contribution in [-0.4, -0.2) is 16.2 Å². The summed E-state index contributed by atoms with van der Waals surface area (Å²) in [5, 5.41) is 19.0. The van der Waals surface area contributed by atoms with Gasteiger partial charge in [0.2, 0.25) is 0 Å². The number of carbonyl (C=O) groups is 1. The van der Waals surface area contributed by atoms with Crippen LogP contribution >= 0.6 is 0 Å². The number of phenolic OH excluding ortho intramolecular Hbond substituents is 1. The lowest BCUT2D eigenvalue weighted by atomic mass is 10.0. The summed E-state index contributed by atoms with van der Waals surface area (Å²) in [6.07, 6.45) is 1.43. The highest BCUT2D eigenvalue weighted by atomic mass is 16.4. The van der Waals surface area contributed by atoms with Crippen molar-refractivity contribution < 1.29 is 19.4 Å². The van der Waals surface area contributed by atoms with Gasteiger partial charge in [-0.05, 0) is 18.2 Å². The number of carboxylic acids is 1. The number of rotatable bonds is 2. The molecule has 0 bridgehead atoms. The fraction of sp³-hybridized carbons (Fsp3) is 0. The van der Waals surface area contributed by atoms with Crippen molar-refractivity contribution in [3.05, 3.63) is 36.6 Å². The Balaban J connectivity index is 2.67. The second-order valence-electron chi connectivity index (χ2n) is 3.08. The van der Waals surface area contributed by atoms with Crippen molar-refractivity contribution in [2.75, 3.05) is 0 Å². The number of hydrogen-bond donors (Lipinski definition) is 2. The first-order valence-electron chi connectivity index (χ1n) is 4.23. The van der Waals surface area contributed by atoms with E-state index in [0.717, 1.165) is 0 Å². The molecule has 0 aliphatic carbocycles. The first kappa shape index (κ1) is 9.33. The van der Waals surface area contributed by atoms with Gasteiger partial charge >= 0.3 is 5.97 Å². The van der Waals surface area contributed by atoms with E-state index in [9.17, 15) is 9.90 Å². The van der Waals surface area contributed by atoms with Crippen molar-refractivity contribution >= 4 is 22.5 Å². The van der Waals surface area contributed by atoms with Crippen molar-refractivity contribution in [1.29, 1.82) is 0 Å². The van der Waals surface area contributed by atoms with Gasteiger partial charge in [0.1, 0.15) is 11.3 Å². The molecule has 0 aliphatic heterocycles. The van der Waals surface area contributed by atoms with Crippen molar-refractivity contribution in [3.63, 3.8) is 0 Å². The van der Waals surface area contributed by atoms with Gasteiger partial charge in [0.05, 0.1) is 17.2 Å². The van der Waals surface area contributed by atoms with Crippen LogP contribution in [0.25, 0.3) is 16.5 Å². The molecule has 2 aromatic rings. The van der Waals surface area contributed by atoms with Crippen molar-refractivity contribution in [3.8, 4) is 5.75 Å². The first-order valence-corrected chi connectivity index (χ1v) is 4.23. The molecule has 15 heavy (non-hydrogen) atoms. The molecule has 1 aromatic heterocycles. The van der Waals surface area contributed by atoms with E-state index in [-0.39, 0.29) is 16.9 Å². The van der Waals surface area contributed by atoms with Crippen LogP contribution in [0.1, 0.15) is 5.56 Å². The van der Waals surface area contributed by atoms with E-state index in [0.29, 0.717) is 11.0 Å². The topological polar surface area (TPSA) is 70.7 Å². The summed E-state index contributed by atoms with van der Waals surface area (Å²) >= 11 is 0. The summed E-state index contributed by atoms with van der Waals surface area (Å²) in [4.78, 5) is 10.7. The Morgan fingerprint density at radius 1 is 1.33 bits per heavy atom. The SMILES string of the molecule is C=C(C(=O)O)c1ccc2occc2c1O. The van der Waals surface area contributed by atoms with Gasteiger partial charge in [-0.1, -0.05) is 6.58 Å². The number of furan rings is 1. The molecule has 76 valence electrons. The van der Waals surface area contributed by atoms with E-state index >= 15 is 0 Å². The zero-order valence-electron chi connectivity index (χ0n) is 7.73. The molecule has 1 aromatic carbocycles. The predicted molar refractivity (Wildman–Crippen MR) is 54.5 cm³/mol. The van der Waals surface area contributed by atoms with Gasteiger partial charge in [-0.2, -0.15) is 0 Å². The quantitative estimate of drug-likeness (QED) is 0.736. The molecular weight excluding hydrogens is 196 g/mol. The minimum absolute atomic E-state index is 0.117. The zero-order valence-corrected chi connectivity index (χ0v) is 7.73. The van der Waals surface area contributed by atoms with E-state index in [1.54, 1.807) is 12.1 Å². The molecule has 1 heterocycles. The van der Waals surface area contributed by atoms with Crippen molar-refractivity contribution in [2.45, 2.75) is 0 Å². The van der Waals surface area contributed by atoms with Gasteiger partial charge in [-0.25, -0.2) is 4.79 Å². The van der Waals surface area contributed by atoms with E-state index in [1.165, 1.54) is 12.3 Å². The third-order valence-corrected chi connectivity index (χ3v) is 2.19. The Kier molecular flexibility index (Phi) is 1.97. The van der Waals surface area contributed by atoms with Crippen molar-refractivity contribution in [1.82, 2.24) is 0 Å². The number of phenols is 1. The minimum atomic E-state index is -1.16. The molecule has 0 atom stereocenters. The summed E-state index contributed by atoms with van der Waals surface area (Å²) in [5.41, 5.74) is 0.571. The maximum Gasteiger partial charge on any atom is 0.335 e. The largest absolute Gasteiger partial charge is 0.507 e. The molecule has 0 aliphatic rings. The smallest absolute Gasteiger partial charge is 0.335 e. The van der Waals surface area contributed by atoms with E-state index in [1.807, 2.05) is 0 Å². The van der Waals surface area contributed by atoms with E-state index in [2.05, 4.69) is 6.58 Å². The average molecular weight is 204 g/mol. The van der Waals surface area contributed by atoms with Gasteiger partial charge in [0.25, 0.3) is 0 Å². The lowest BCUT2D eigenvalue weighted by molar-refractivity contribution is -0.130. The number of hydrogen-bond acceptors (Lipinski definition) is 3. The van der Waals surface area contributed by atoms with Crippen LogP contribution in [0.15, 0.2) is 35.5 Å². The summed E-state index contributed by atoms with van der Waals surface area (Å²) in [6, 6.07) is 4.64. The molecule has 2 N–H and O–H groups in total. The maximum atomic E-state index is 10.7. The second kappa shape index (κ2) is 3.16. The van der Waals surface area contributed by atoms with Gasteiger partial charge in [-0.3, -0.25) is 0 Å². The average Bonchev–Trinajstić information content (AvgIpc) is 2.66. The molecule has 2 rings (SSSR count). The Morgan fingerprint density at radius 2 is 2.07 bits per heavy atom. The summed E-state index contributed by atoms with van der Waals surface area (Å²) in [7, 11) is 0. The number of fused-ring (bicyclic) bond motifs is 1. The van der Waals surface area contributed by atoms with Gasteiger partial charge in [0, 0.05) is 5.56 Å². The number of carboxylic acid groups (broad SMARTS) is 1. The second-order valence-corrected chi connectivity index (χ2v) is 3.08. The normalized spacial score (nSPS) is 10.4. The third kappa shape index (κ3) is 1.36. The predicted octanol–water partition coefficient (Wildman–Crippen LogP) is 2.24. The molecule has 0 radical (unpaired) electrons. The van der Waals surface area contributed by atoms with Crippen LogP contribution in [0.5, 0.6) is 5.75 Å². The lowest BCUT2D eigenvalue weighted by Crippen LogP contribution is -1.98. The fourth-order valence-corrected chi connectivity index (χ4v) is 1.39. The van der Waals surface area contributed by atoms with Gasteiger partial charge in [0.15, 0.2) is 0 Å². The Bertz CT molecular complexity index is 551. The van der Waals surface area contributed by atoms with E-state index in [4.69, 9.17) is 9.52 Å². The standard InChI is InChI=1S/C11H8O4/c1-6(11(13)14)7-2-3-9-8(10(7)12)4-5-15-9/h2-5,12H,1H2,(H,13,14).